The first-order chi connectivity index (χ1) is 12.1. The first-order valence-electron chi connectivity index (χ1n) is 7.30. The number of rotatable bonds is 6. The van der Waals surface area contributed by atoms with Crippen LogP contribution in [0.5, 0.6) is 5.75 Å². The largest absolute Gasteiger partial charge is 0.497 e. The standard InChI is InChI=1S/C17H14BrN3O3S/c1-23-13-6-8-14(9-7-13)25-10-15(22)19-17-21-20-16(24-17)11-2-4-12(18)5-3-11/h2-9H,10H2,1H3,(H,19,21,22). The molecule has 128 valence electrons. The van der Waals surface area contributed by atoms with E-state index in [0.717, 1.165) is 20.7 Å². The summed E-state index contributed by atoms with van der Waals surface area (Å²) < 4.78 is 11.5. The molecule has 0 aliphatic carbocycles. The molecule has 0 aliphatic heterocycles. The van der Waals surface area contributed by atoms with Crippen LogP contribution >= 0.6 is 27.7 Å². The number of benzene rings is 2. The zero-order valence-electron chi connectivity index (χ0n) is 13.2. The van der Waals surface area contributed by atoms with E-state index in [1.54, 1.807) is 7.11 Å². The van der Waals surface area contributed by atoms with Crippen molar-refractivity contribution in [2.75, 3.05) is 18.2 Å². The van der Waals surface area contributed by atoms with Gasteiger partial charge in [0.05, 0.1) is 12.9 Å². The van der Waals surface area contributed by atoms with Gasteiger partial charge in [0.2, 0.25) is 11.8 Å². The van der Waals surface area contributed by atoms with Crippen molar-refractivity contribution in [1.29, 1.82) is 0 Å². The molecule has 0 atom stereocenters. The van der Waals surface area contributed by atoms with Crippen LogP contribution in [0.25, 0.3) is 11.5 Å². The van der Waals surface area contributed by atoms with Gasteiger partial charge >= 0.3 is 6.01 Å². The summed E-state index contributed by atoms with van der Waals surface area (Å²) in [6.45, 7) is 0. The van der Waals surface area contributed by atoms with Crippen LogP contribution in [0.3, 0.4) is 0 Å². The molecule has 1 heterocycles. The maximum absolute atomic E-state index is 12.0. The van der Waals surface area contributed by atoms with Gasteiger partial charge in [-0.15, -0.1) is 16.9 Å². The highest BCUT2D eigenvalue weighted by atomic mass is 79.9. The summed E-state index contributed by atoms with van der Waals surface area (Å²) in [5.74, 6) is 1.15. The lowest BCUT2D eigenvalue weighted by atomic mass is 10.2. The minimum absolute atomic E-state index is 0.0817. The Morgan fingerprint density at radius 2 is 1.88 bits per heavy atom. The van der Waals surface area contributed by atoms with E-state index in [9.17, 15) is 4.79 Å². The minimum Gasteiger partial charge on any atom is -0.497 e. The molecular formula is C17H14BrN3O3S. The quantitative estimate of drug-likeness (QED) is 0.602. The van der Waals surface area contributed by atoms with Crippen molar-refractivity contribution in [3.8, 4) is 17.2 Å². The Kier molecular flexibility index (Phi) is 5.72. The number of thioether (sulfide) groups is 1. The number of nitrogens with zero attached hydrogens (tertiary/aromatic N) is 2. The molecular weight excluding hydrogens is 406 g/mol. The van der Waals surface area contributed by atoms with Crippen LogP contribution in [0, 0.1) is 0 Å². The Hall–Kier alpha value is -2.32. The number of nitrogens with one attached hydrogen (secondary N) is 1. The van der Waals surface area contributed by atoms with Crippen LogP contribution in [0.1, 0.15) is 0 Å². The average Bonchev–Trinajstić information content (AvgIpc) is 3.09. The van der Waals surface area contributed by atoms with E-state index in [-0.39, 0.29) is 17.7 Å². The molecule has 8 heteroatoms. The van der Waals surface area contributed by atoms with E-state index < -0.39 is 0 Å². The van der Waals surface area contributed by atoms with E-state index in [2.05, 4.69) is 31.4 Å². The van der Waals surface area contributed by atoms with Crippen LogP contribution < -0.4 is 10.1 Å². The lowest BCUT2D eigenvalue weighted by Crippen LogP contribution is -2.14. The Morgan fingerprint density at radius 3 is 2.56 bits per heavy atom. The van der Waals surface area contributed by atoms with Gasteiger partial charge in [-0.05, 0) is 48.5 Å². The number of ether oxygens (including phenoxy) is 1. The third-order valence-electron chi connectivity index (χ3n) is 3.19. The Labute approximate surface area is 157 Å². The van der Waals surface area contributed by atoms with Gasteiger partial charge in [0, 0.05) is 14.9 Å². The van der Waals surface area contributed by atoms with Crippen molar-refractivity contribution < 1.29 is 13.9 Å². The minimum atomic E-state index is -0.216. The van der Waals surface area contributed by atoms with Gasteiger partial charge in [-0.2, -0.15) is 0 Å². The second kappa shape index (κ2) is 8.17. The molecule has 0 saturated heterocycles. The van der Waals surface area contributed by atoms with E-state index in [1.807, 2.05) is 48.5 Å². The van der Waals surface area contributed by atoms with Gasteiger partial charge < -0.3 is 9.15 Å². The summed E-state index contributed by atoms with van der Waals surface area (Å²) in [6.07, 6.45) is 0. The van der Waals surface area contributed by atoms with Crippen molar-refractivity contribution in [3.05, 3.63) is 53.0 Å². The highest BCUT2D eigenvalue weighted by Gasteiger charge is 2.11. The number of anilines is 1. The zero-order chi connectivity index (χ0) is 17.6. The summed E-state index contributed by atoms with van der Waals surface area (Å²) in [5, 5.41) is 10.4. The summed E-state index contributed by atoms with van der Waals surface area (Å²) in [7, 11) is 1.61. The second-order valence-corrected chi connectivity index (χ2v) is 6.90. The predicted octanol–water partition coefficient (Wildman–Crippen LogP) is 4.24. The number of halogens is 1. The smallest absolute Gasteiger partial charge is 0.322 e. The monoisotopic (exact) mass is 419 g/mol. The van der Waals surface area contributed by atoms with Crippen LogP contribution in [-0.4, -0.2) is 29.0 Å². The topological polar surface area (TPSA) is 77.2 Å². The number of amides is 1. The normalized spacial score (nSPS) is 10.5. The fourth-order valence-corrected chi connectivity index (χ4v) is 2.92. The molecule has 1 amide bonds. The highest BCUT2D eigenvalue weighted by Crippen LogP contribution is 2.23. The molecule has 0 unspecified atom stereocenters. The van der Waals surface area contributed by atoms with Crippen molar-refractivity contribution in [1.82, 2.24) is 10.2 Å². The van der Waals surface area contributed by atoms with E-state index in [1.165, 1.54) is 11.8 Å². The molecule has 0 saturated carbocycles. The molecule has 3 rings (SSSR count). The number of aromatic nitrogens is 2. The van der Waals surface area contributed by atoms with Crippen LogP contribution in [0.2, 0.25) is 0 Å². The fraction of sp³-hybridized carbons (Fsp3) is 0.118. The van der Waals surface area contributed by atoms with Gasteiger partial charge in [-0.25, -0.2) is 0 Å². The molecule has 0 spiro atoms. The number of carbonyl (C=O) groups is 1. The highest BCUT2D eigenvalue weighted by molar-refractivity contribution is 9.10. The fourth-order valence-electron chi connectivity index (χ4n) is 1.96. The van der Waals surface area contributed by atoms with Gasteiger partial charge in [-0.1, -0.05) is 21.0 Å². The first-order valence-corrected chi connectivity index (χ1v) is 9.08. The second-order valence-electron chi connectivity index (χ2n) is 4.93. The predicted molar refractivity (Wildman–Crippen MR) is 99.8 cm³/mol. The number of carbonyl (C=O) groups excluding carboxylic acids is 1. The zero-order valence-corrected chi connectivity index (χ0v) is 15.6. The molecule has 3 aromatic rings. The molecule has 0 radical (unpaired) electrons. The van der Waals surface area contributed by atoms with E-state index in [0.29, 0.717) is 5.89 Å². The Balaban J connectivity index is 1.55. The van der Waals surface area contributed by atoms with Crippen LogP contribution in [0.4, 0.5) is 6.01 Å². The molecule has 6 nitrogen and oxygen atoms in total. The Morgan fingerprint density at radius 1 is 1.16 bits per heavy atom. The number of hydrogen-bond donors (Lipinski definition) is 1. The molecule has 0 fully saturated rings. The van der Waals surface area contributed by atoms with E-state index >= 15 is 0 Å². The van der Waals surface area contributed by atoms with Gasteiger partial charge in [0.25, 0.3) is 0 Å². The van der Waals surface area contributed by atoms with Crippen LogP contribution in [0.15, 0.2) is 62.3 Å². The first kappa shape index (κ1) is 17.5. The van der Waals surface area contributed by atoms with Gasteiger partial charge in [0.1, 0.15) is 5.75 Å². The molecule has 0 bridgehead atoms. The maximum atomic E-state index is 12.0. The summed E-state index contributed by atoms with van der Waals surface area (Å²) >= 11 is 4.78. The Bertz CT molecular complexity index is 850. The maximum Gasteiger partial charge on any atom is 0.322 e. The van der Waals surface area contributed by atoms with Crippen molar-refractivity contribution in [2.45, 2.75) is 4.90 Å². The van der Waals surface area contributed by atoms with Crippen LogP contribution in [-0.2, 0) is 4.79 Å². The number of methoxy groups -OCH3 is 1. The summed E-state index contributed by atoms with van der Waals surface area (Å²) in [4.78, 5) is 13.0. The molecule has 25 heavy (non-hydrogen) atoms. The SMILES string of the molecule is COc1ccc(SCC(=O)Nc2nnc(-c3ccc(Br)cc3)o2)cc1. The third-order valence-corrected chi connectivity index (χ3v) is 4.73. The van der Waals surface area contributed by atoms with Gasteiger partial charge in [0.15, 0.2) is 0 Å². The summed E-state index contributed by atoms with van der Waals surface area (Å²) in [5.41, 5.74) is 0.781. The lowest BCUT2D eigenvalue weighted by Gasteiger charge is -2.03. The van der Waals surface area contributed by atoms with Gasteiger partial charge in [-0.3, -0.25) is 10.1 Å². The van der Waals surface area contributed by atoms with Crippen molar-refractivity contribution in [3.63, 3.8) is 0 Å². The average molecular weight is 420 g/mol. The number of hydrogen-bond acceptors (Lipinski definition) is 6. The lowest BCUT2D eigenvalue weighted by molar-refractivity contribution is -0.113. The molecule has 2 aromatic carbocycles. The molecule has 1 N–H and O–H groups in total. The molecule has 0 aliphatic rings. The molecule has 1 aromatic heterocycles. The summed E-state index contributed by atoms with van der Waals surface area (Å²) in [6, 6.07) is 15.0. The van der Waals surface area contributed by atoms with E-state index in [4.69, 9.17) is 9.15 Å². The van der Waals surface area contributed by atoms with Crippen molar-refractivity contribution in [2.24, 2.45) is 0 Å². The third kappa shape index (κ3) is 4.83. The van der Waals surface area contributed by atoms with Crippen molar-refractivity contribution >= 4 is 39.6 Å².